The molecule has 7 heteroatoms. The maximum absolute atomic E-state index is 13.2. The lowest BCUT2D eigenvalue weighted by molar-refractivity contribution is 0.150. The van der Waals surface area contributed by atoms with Crippen LogP contribution in [0, 0.1) is 0 Å². The van der Waals surface area contributed by atoms with Gasteiger partial charge in [-0.2, -0.15) is 0 Å². The van der Waals surface area contributed by atoms with Gasteiger partial charge in [0.05, 0.1) is 5.52 Å². The van der Waals surface area contributed by atoms with E-state index in [1.165, 1.54) is 6.42 Å². The first kappa shape index (κ1) is 17.9. The molecule has 1 aliphatic carbocycles. The first-order valence-electron chi connectivity index (χ1n) is 9.50. The Morgan fingerprint density at radius 2 is 1.96 bits per heavy atom. The Morgan fingerprint density at radius 3 is 2.69 bits per heavy atom. The zero-order valence-corrected chi connectivity index (χ0v) is 16.9. The molecule has 4 rings (SSSR count). The van der Waals surface area contributed by atoms with Crippen LogP contribution < -0.4 is 5.69 Å². The molecule has 0 saturated carbocycles. The largest absolute Gasteiger partial charge is 0.334 e. The van der Waals surface area contributed by atoms with Gasteiger partial charge in [-0.25, -0.2) is 14.3 Å². The Kier molecular flexibility index (Phi) is 5.29. The van der Waals surface area contributed by atoms with E-state index in [0.29, 0.717) is 6.54 Å². The summed E-state index contributed by atoms with van der Waals surface area (Å²) < 4.78 is 4.65. The normalized spacial score (nSPS) is 19.8. The van der Waals surface area contributed by atoms with Crippen LogP contribution >= 0.6 is 15.9 Å². The molecular weight excluding hydrogens is 394 g/mol. The number of halogens is 1. The van der Waals surface area contributed by atoms with Crippen LogP contribution in [0.4, 0.5) is 0 Å². The number of rotatable bonds is 4. The standard InChI is InChI=1S/C19H26BrN5O/c1-22-7-9-23(10-8-22)11-12-24-17-13-15(20)14-21-18(17)25(19(24)26)16-5-3-2-4-6-16/h5,13-14H,2-4,6-12H2,1H3. The van der Waals surface area contributed by atoms with Gasteiger partial charge in [-0.1, -0.05) is 6.08 Å². The minimum Gasteiger partial charge on any atom is -0.304 e. The van der Waals surface area contributed by atoms with Crippen molar-refractivity contribution in [3.05, 3.63) is 33.3 Å². The highest BCUT2D eigenvalue weighted by molar-refractivity contribution is 9.10. The van der Waals surface area contributed by atoms with Crippen LogP contribution in [0.5, 0.6) is 0 Å². The lowest BCUT2D eigenvalue weighted by Gasteiger charge is -2.32. The number of allylic oxidation sites excluding steroid dienone is 2. The molecule has 0 spiro atoms. The van der Waals surface area contributed by atoms with Gasteiger partial charge in [0.2, 0.25) is 0 Å². The zero-order chi connectivity index (χ0) is 18.1. The number of hydrogen-bond acceptors (Lipinski definition) is 4. The second-order valence-corrected chi connectivity index (χ2v) is 8.27. The van der Waals surface area contributed by atoms with Gasteiger partial charge in [-0.3, -0.25) is 9.47 Å². The van der Waals surface area contributed by atoms with Crippen LogP contribution in [-0.4, -0.2) is 63.7 Å². The summed E-state index contributed by atoms with van der Waals surface area (Å²) in [5, 5.41) is 0. The van der Waals surface area contributed by atoms with Gasteiger partial charge < -0.3 is 4.90 Å². The number of piperazine rings is 1. The Bertz CT molecular complexity index is 876. The highest BCUT2D eigenvalue weighted by Crippen LogP contribution is 2.25. The maximum Gasteiger partial charge on any atom is 0.334 e. The van der Waals surface area contributed by atoms with Crippen LogP contribution in [0.3, 0.4) is 0 Å². The van der Waals surface area contributed by atoms with Crippen LogP contribution in [0.2, 0.25) is 0 Å². The fourth-order valence-electron chi connectivity index (χ4n) is 3.92. The molecule has 3 heterocycles. The summed E-state index contributed by atoms with van der Waals surface area (Å²) in [5.41, 5.74) is 2.86. The predicted octanol–water partition coefficient (Wildman–Crippen LogP) is 2.62. The third kappa shape index (κ3) is 3.52. The van der Waals surface area contributed by atoms with Gasteiger partial charge in [0.25, 0.3) is 0 Å². The number of nitrogens with zero attached hydrogens (tertiary/aromatic N) is 5. The van der Waals surface area contributed by atoms with Gasteiger partial charge in [0.1, 0.15) is 0 Å². The summed E-state index contributed by atoms with van der Waals surface area (Å²) in [6.45, 7) is 5.93. The third-order valence-electron chi connectivity index (χ3n) is 5.53. The highest BCUT2D eigenvalue weighted by atomic mass is 79.9. The fraction of sp³-hybridized carbons (Fsp3) is 0.579. The molecule has 6 nitrogen and oxygen atoms in total. The maximum atomic E-state index is 13.2. The minimum absolute atomic E-state index is 0.0490. The molecule has 2 aromatic rings. The summed E-state index contributed by atoms with van der Waals surface area (Å²) in [5.74, 6) is 0. The molecular formula is C19H26BrN5O. The van der Waals surface area contributed by atoms with Crippen molar-refractivity contribution < 1.29 is 0 Å². The Balaban J connectivity index is 1.67. The van der Waals surface area contributed by atoms with Gasteiger partial charge in [0, 0.05) is 55.6 Å². The molecule has 1 aliphatic heterocycles. The minimum atomic E-state index is 0.0490. The van der Waals surface area contributed by atoms with E-state index < -0.39 is 0 Å². The van der Waals surface area contributed by atoms with Crippen molar-refractivity contribution in [3.8, 4) is 0 Å². The van der Waals surface area contributed by atoms with Gasteiger partial charge in [0.15, 0.2) is 5.65 Å². The fourth-order valence-corrected chi connectivity index (χ4v) is 4.24. The molecule has 1 saturated heterocycles. The molecule has 0 N–H and O–H groups in total. The van der Waals surface area contributed by atoms with E-state index in [4.69, 9.17) is 0 Å². The predicted molar refractivity (Wildman–Crippen MR) is 108 cm³/mol. The summed E-state index contributed by atoms with van der Waals surface area (Å²) in [6, 6.07) is 2.02. The number of imidazole rings is 1. The average molecular weight is 420 g/mol. The van der Waals surface area contributed by atoms with Crippen molar-refractivity contribution in [1.29, 1.82) is 0 Å². The number of pyridine rings is 1. The van der Waals surface area contributed by atoms with Crippen molar-refractivity contribution in [3.63, 3.8) is 0 Å². The molecule has 2 aliphatic rings. The summed E-state index contributed by atoms with van der Waals surface area (Å²) in [6.07, 6.45) is 8.34. The first-order valence-corrected chi connectivity index (χ1v) is 10.3. The smallest absolute Gasteiger partial charge is 0.304 e. The van der Waals surface area contributed by atoms with Gasteiger partial charge in [-0.15, -0.1) is 0 Å². The second kappa shape index (κ2) is 7.66. The lowest BCUT2D eigenvalue weighted by atomic mass is 10.0. The summed E-state index contributed by atoms with van der Waals surface area (Å²) in [7, 11) is 2.16. The van der Waals surface area contributed by atoms with E-state index in [0.717, 1.165) is 73.3 Å². The van der Waals surface area contributed by atoms with Crippen LogP contribution in [0.15, 0.2) is 27.6 Å². The Labute approximate surface area is 162 Å². The van der Waals surface area contributed by atoms with E-state index in [9.17, 15) is 4.79 Å². The summed E-state index contributed by atoms with van der Waals surface area (Å²) in [4.78, 5) is 22.6. The van der Waals surface area contributed by atoms with Gasteiger partial charge in [-0.05, 0) is 54.7 Å². The molecule has 0 bridgehead atoms. The highest BCUT2D eigenvalue weighted by Gasteiger charge is 2.20. The number of fused-ring (bicyclic) bond motifs is 1. The molecule has 0 amide bonds. The molecule has 0 atom stereocenters. The monoisotopic (exact) mass is 419 g/mol. The Morgan fingerprint density at radius 1 is 1.15 bits per heavy atom. The van der Waals surface area contributed by atoms with Crippen molar-refractivity contribution in [2.45, 2.75) is 32.2 Å². The van der Waals surface area contributed by atoms with E-state index in [1.54, 1.807) is 6.20 Å². The topological polar surface area (TPSA) is 46.3 Å². The molecule has 0 aromatic carbocycles. The summed E-state index contributed by atoms with van der Waals surface area (Å²) >= 11 is 3.51. The van der Waals surface area contributed by atoms with Crippen molar-refractivity contribution in [2.75, 3.05) is 39.8 Å². The van der Waals surface area contributed by atoms with Crippen LogP contribution in [0.1, 0.15) is 25.7 Å². The lowest BCUT2D eigenvalue weighted by Crippen LogP contribution is -2.45. The van der Waals surface area contributed by atoms with E-state index >= 15 is 0 Å². The average Bonchev–Trinajstić information content (AvgIpc) is 2.93. The first-order chi connectivity index (χ1) is 12.6. The SMILES string of the molecule is CN1CCN(CCn2c(=O)n(C3=CCCCC3)c3ncc(Br)cc32)CC1. The quantitative estimate of drug-likeness (QED) is 0.763. The number of hydrogen-bond donors (Lipinski definition) is 0. The van der Waals surface area contributed by atoms with E-state index in [-0.39, 0.29) is 5.69 Å². The molecule has 1 fully saturated rings. The zero-order valence-electron chi connectivity index (χ0n) is 15.3. The van der Waals surface area contributed by atoms with Crippen LogP contribution in [0.25, 0.3) is 16.9 Å². The molecule has 2 aromatic heterocycles. The van der Waals surface area contributed by atoms with E-state index in [2.05, 4.69) is 43.8 Å². The molecule has 140 valence electrons. The molecule has 0 radical (unpaired) electrons. The second-order valence-electron chi connectivity index (χ2n) is 7.35. The molecule has 0 unspecified atom stereocenters. The van der Waals surface area contributed by atoms with Gasteiger partial charge >= 0.3 is 5.69 Å². The number of likely N-dealkylation sites (N-methyl/N-ethyl adjacent to an activating group) is 1. The van der Waals surface area contributed by atoms with E-state index in [1.807, 2.05) is 15.2 Å². The number of aromatic nitrogens is 3. The molecule has 26 heavy (non-hydrogen) atoms. The van der Waals surface area contributed by atoms with Crippen molar-refractivity contribution >= 4 is 32.8 Å². The van der Waals surface area contributed by atoms with Crippen molar-refractivity contribution in [1.82, 2.24) is 23.9 Å². The van der Waals surface area contributed by atoms with Crippen LogP contribution in [-0.2, 0) is 6.54 Å². The van der Waals surface area contributed by atoms with Crippen molar-refractivity contribution in [2.24, 2.45) is 0 Å². The third-order valence-corrected chi connectivity index (χ3v) is 5.96. The Hall–Kier alpha value is -1.44.